The Morgan fingerprint density at radius 1 is 1.13 bits per heavy atom. The SMILES string of the molecule is C[C@@H]1CN(C)c2ccccc2CN1C(=O)c1ccc(=O)n(C)c1. The molecule has 5 heteroatoms. The number of hydrogen-bond acceptors (Lipinski definition) is 3. The summed E-state index contributed by atoms with van der Waals surface area (Å²) in [6.07, 6.45) is 1.61. The molecule has 0 unspecified atom stereocenters. The van der Waals surface area contributed by atoms with Gasteiger partial charge in [0.25, 0.3) is 5.91 Å². The van der Waals surface area contributed by atoms with Gasteiger partial charge in [-0.05, 0) is 24.6 Å². The Balaban J connectivity index is 1.96. The summed E-state index contributed by atoms with van der Waals surface area (Å²) in [5.41, 5.74) is 2.73. The third kappa shape index (κ3) is 2.86. The number of para-hydroxylation sites is 1. The van der Waals surface area contributed by atoms with Crippen LogP contribution in [0.4, 0.5) is 5.69 Å². The second-order valence-electron chi connectivity index (χ2n) is 6.16. The molecule has 2 aromatic rings. The largest absolute Gasteiger partial charge is 0.372 e. The van der Waals surface area contributed by atoms with E-state index in [1.54, 1.807) is 19.3 Å². The number of amides is 1. The van der Waals surface area contributed by atoms with Crippen LogP contribution in [0.2, 0.25) is 0 Å². The van der Waals surface area contributed by atoms with E-state index < -0.39 is 0 Å². The second kappa shape index (κ2) is 5.91. The highest BCUT2D eigenvalue weighted by Gasteiger charge is 2.27. The zero-order chi connectivity index (χ0) is 16.6. The summed E-state index contributed by atoms with van der Waals surface area (Å²) in [6.45, 7) is 3.40. The maximum absolute atomic E-state index is 12.9. The fraction of sp³-hybridized carbons (Fsp3) is 0.333. The number of likely N-dealkylation sites (N-methyl/N-ethyl adjacent to an activating group) is 1. The Morgan fingerprint density at radius 2 is 1.87 bits per heavy atom. The molecule has 1 aliphatic heterocycles. The van der Waals surface area contributed by atoms with Crippen LogP contribution in [0, 0.1) is 0 Å². The van der Waals surface area contributed by atoms with Gasteiger partial charge < -0.3 is 14.4 Å². The third-order valence-corrected chi connectivity index (χ3v) is 4.41. The number of carbonyl (C=O) groups is 1. The van der Waals surface area contributed by atoms with Crippen LogP contribution in [-0.4, -0.2) is 35.0 Å². The maximum Gasteiger partial charge on any atom is 0.255 e. The number of fused-ring (bicyclic) bond motifs is 1. The first-order valence-corrected chi connectivity index (χ1v) is 7.74. The van der Waals surface area contributed by atoms with Gasteiger partial charge in [0, 0.05) is 51.2 Å². The van der Waals surface area contributed by atoms with E-state index in [2.05, 4.69) is 31.0 Å². The highest BCUT2D eigenvalue weighted by Crippen LogP contribution is 2.26. The lowest BCUT2D eigenvalue weighted by Gasteiger charge is -2.28. The molecule has 3 rings (SSSR count). The second-order valence-corrected chi connectivity index (χ2v) is 6.16. The maximum atomic E-state index is 12.9. The number of nitrogens with zero attached hydrogens (tertiary/aromatic N) is 3. The topological polar surface area (TPSA) is 45.6 Å². The average molecular weight is 311 g/mol. The highest BCUT2D eigenvalue weighted by atomic mass is 16.2. The number of anilines is 1. The van der Waals surface area contributed by atoms with Crippen molar-refractivity contribution in [3.8, 4) is 0 Å². The van der Waals surface area contributed by atoms with Crippen molar-refractivity contribution in [3.63, 3.8) is 0 Å². The summed E-state index contributed by atoms with van der Waals surface area (Å²) in [7, 11) is 3.71. The lowest BCUT2D eigenvalue weighted by molar-refractivity contribution is 0.0686. The summed E-state index contributed by atoms with van der Waals surface area (Å²) in [6, 6.07) is 11.3. The Morgan fingerprint density at radius 3 is 2.61 bits per heavy atom. The monoisotopic (exact) mass is 311 g/mol. The van der Waals surface area contributed by atoms with Crippen LogP contribution in [0.5, 0.6) is 0 Å². The highest BCUT2D eigenvalue weighted by molar-refractivity contribution is 5.94. The van der Waals surface area contributed by atoms with Crippen LogP contribution in [0.3, 0.4) is 0 Å². The molecular weight excluding hydrogens is 290 g/mol. The molecule has 5 nitrogen and oxygen atoms in total. The molecule has 2 heterocycles. The van der Waals surface area contributed by atoms with Crippen molar-refractivity contribution < 1.29 is 4.79 Å². The summed E-state index contributed by atoms with van der Waals surface area (Å²) in [4.78, 5) is 28.5. The van der Waals surface area contributed by atoms with Gasteiger partial charge in [0.05, 0.1) is 5.56 Å². The van der Waals surface area contributed by atoms with E-state index in [9.17, 15) is 9.59 Å². The Kier molecular flexibility index (Phi) is 3.94. The molecule has 0 aliphatic carbocycles. The third-order valence-electron chi connectivity index (χ3n) is 4.41. The van der Waals surface area contributed by atoms with Gasteiger partial charge in [0.1, 0.15) is 0 Å². The smallest absolute Gasteiger partial charge is 0.255 e. The molecule has 0 N–H and O–H groups in total. The van der Waals surface area contributed by atoms with Crippen LogP contribution < -0.4 is 10.5 Å². The van der Waals surface area contributed by atoms with Gasteiger partial charge in [-0.15, -0.1) is 0 Å². The molecule has 0 saturated carbocycles. The lowest BCUT2D eigenvalue weighted by atomic mass is 10.1. The van der Waals surface area contributed by atoms with E-state index in [1.165, 1.54) is 10.6 Å². The van der Waals surface area contributed by atoms with Crippen LogP contribution in [0.15, 0.2) is 47.4 Å². The Bertz CT molecular complexity index is 797. The fourth-order valence-corrected chi connectivity index (χ4v) is 3.11. The predicted molar refractivity (Wildman–Crippen MR) is 90.7 cm³/mol. The number of hydrogen-bond donors (Lipinski definition) is 0. The number of aromatic nitrogens is 1. The molecule has 0 fully saturated rings. The molecule has 1 amide bonds. The van der Waals surface area contributed by atoms with Crippen LogP contribution in [0.1, 0.15) is 22.8 Å². The molecule has 0 spiro atoms. The van der Waals surface area contributed by atoms with E-state index in [0.717, 1.165) is 17.8 Å². The molecule has 1 aromatic carbocycles. The van der Waals surface area contributed by atoms with Gasteiger partial charge in [-0.1, -0.05) is 18.2 Å². The van der Waals surface area contributed by atoms with E-state index >= 15 is 0 Å². The van der Waals surface area contributed by atoms with Crippen molar-refractivity contribution in [1.82, 2.24) is 9.47 Å². The van der Waals surface area contributed by atoms with Crippen LogP contribution in [-0.2, 0) is 13.6 Å². The first kappa shape index (κ1) is 15.3. The van der Waals surface area contributed by atoms with Gasteiger partial charge in [-0.3, -0.25) is 9.59 Å². The average Bonchev–Trinajstić information content (AvgIpc) is 2.66. The Labute approximate surface area is 135 Å². The van der Waals surface area contributed by atoms with E-state index in [1.807, 2.05) is 17.0 Å². The number of pyridine rings is 1. The normalized spacial score (nSPS) is 17.6. The van der Waals surface area contributed by atoms with Crippen molar-refractivity contribution >= 4 is 11.6 Å². The van der Waals surface area contributed by atoms with Crippen LogP contribution >= 0.6 is 0 Å². The van der Waals surface area contributed by atoms with Gasteiger partial charge in [-0.25, -0.2) is 0 Å². The minimum atomic E-state index is -0.115. The molecule has 1 atom stereocenters. The summed E-state index contributed by atoms with van der Waals surface area (Å²) >= 11 is 0. The van der Waals surface area contributed by atoms with Crippen molar-refractivity contribution in [2.75, 3.05) is 18.5 Å². The van der Waals surface area contributed by atoms with Crippen molar-refractivity contribution in [2.45, 2.75) is 19.5 Å². The predicted octanol–water partition coefficient (Wildman–Crippen LogP) is 1.87. The lowest BCUT2D eigenvalue weighted by Crippen LogP contribution is -2.42. The van der Waals surface area contributed by atoms with Crippen molar-refractivity contribution in [1.29, 1.82) is 0 Å². The standard InChI is InChI=1S/C18H21N3O2/c1-13-10-19(2)16-7-5-4-6-14(16)12-21(13)18(23)15-8-9-17(22)20(3)11-15/h4-9,11,13H,10,12H2,1-3H3/t13-/m1/s1. The van der Waals surface area contributed by atoms with E-state index in [-0.39, 0.29) is 17.5 Å². The zero-order valence-corrected chi connectivity index (χ0v) is 13.7. The fourth-order valence-electron chi connectivity index (χ4n) is 3.11. The minimum absolute atomic E-state index is 0.0433. The summed E-state index contributed by atoms with van der Waals surface area (Å²) < 4.78 is 1.44. The molecule has 23 heavy (non-hydrogen) atoms. The van der Waals surface area contributed by atoms with Crippen molar-refractivity contribution in [2.24, 2.45) is 7.05 Å². The van der Waals surface area contributed by atoms with Crippen LogP contribution in [0.25, 0.3) is 0 Å². The quantitative estimate of drug-likeness (QED) is 0.807. The van der Waals surface area contributed by atoms with Gasteiger partial charge in [0.15, 0.2) is 0 Å². The number of benzene rings is 1. The minimum Gasteiger partial charge on any atom is -0.372 e. The van der Waals surface area contributed by atoms with Crippen molar-refractivity contribution in [3.05, 3.63) is 64.1 Å². The molecule has 1 aliphatic rings. The first-order chi connectivity index (χ1) is 11.0. The summed E-state index contributed by atoms with van der Waals surface area (Å²) in [5, 5.41) is 0. The van der Waals surface area contributed by atoms with Gasteiger partial charge in [0.2, 0.25) is 5.56 Å². The summed E-state index contributed by atoms with van der Waals surface area (Å²) in [5.74, 6) is -0.0433. The molecule has 0 saturated heterocycles. The number of aryl methyl sites for hydroxylation is 1. The molecule has 0 radical (unpaired) electrons. The first-order valence-electron chi connectivity index (χ1n) is 7.74. The Hall–Kier alpha value is -2.56. The molecule has 1 aromatic heterocycles. The number of rotatable bonds is 1. The molecular formula is C18H21N3O2. The van der Waals surface area contributed by atoms with E-state index in [0.29, 0.717) is 12.1 Å². The molecule has 120 valence electrons. The number of carbonyl (C=O) groups excluding carboxylic acids is 1. The zero-order valence-electron chi connectivity index (χ0n) is 13.7. The van der Waals surface area contributed by atoms with Gasteiger partial charge >= 0.3 is 0 Å². The van der Waals surface area contributed by atoms with Gasteiger partial charge in [-0.2, -0.15) is 0 Å². The molecule has 0 bridgehead atoms. The van der Waals surface area contributed by atoms with E-state index in [4.69, 9.17) is 0 Å².